The van der Waals surface area contributed by atoms with Gasteiger partial charge in [-0.2, -0.15) is 0 Å². The standard InChI is InChI=1S/C16H16ClFN2O/c1-11-2-5-13(17)8-15(11)19-10-16(21)20-9-12-3-6-14(18)7-4-12/h2-8,19H,9-10H2,1H3,(H,20,21). The summed E-state index contributed by atoms with van der Waals surface area (Å²) in [5.74, 6) is -0.429. The Bertz CT molecular complexity index is 629. The van der Waals surface area contributed by atoms with Gasteiger partial charge in [0, 0.05) is 17.3 Å². The molecular formula is C16H16ClFN2O. The van der Waals surface area contributed by atoms with Crippen molar-refractivity contribution in [1.29, 1.82) is 0 Å². The maximum Gasteiger partial charge on any atom is 0.239 e. The van der Waals surface area contributed by atoms with Gasteiger partial charge in [0.1, 0.15) is 5.82 Å². The third-order valence-electron chi connectivity index (χ3n) is 3.04. The van der Waals surface area contributed by atoms with Gasteiger partial charge in [-0.25, -0.2) is 4.39 Å². The van der Waals surface area contributed by atoms with Gasteiger partial charge in [0.05, 0.1) is 6.54 Å². The molecule has 0 fully saturated rings. The summed E-state index contributed by atoms with van der Waals surface area (Å²) in [5.41, 5.74) is 2.70. The van der Waals surface area contributed by atoms with Gasteiger partial charge in [0.25, 0.3) is 0 Å². The molecule has 2 aromatic rings. The van der Waals surface area contributed by atoms with E-state index in [9.17, 15) is 9.18 Å². The van der Waals surface area contributed by atoms with Crippen molar-refractivity contribution in [2.75, 3.05) is 11.9 Å². The molecular weight excluding hydrogens is 291 g/mol. The summed E-state index contributed by atoms with van der Waals surface area (Å²) in [6.45, 7) is 2.47. The molecule has 0 aliphatic rings. The Labute approximate surface area is 128 Å². The predicted molar refractivity (Wildman–Crippen MR) is 82.9 cm³/mol. The summed E-state index contributed by atoms with van der Waals surface area (Å²) in [5, 5.41) is 6.43. The molecule has 5 heteroatoms. The normalized spacial score (nSPS) is 10.2. The lowest BCUT2D eigenvalue weighted by atomic mass is 10.2. The van der Waals surface area contributed by atoms with Crippen LogP contribution in [0.2, 0.25) is 5.02 Å². The molecule has 110 valence electrons. The fourth-order valence-corrected chi connectivity index (χ4v) is 2.00. The predicted octanol–water partition coefficient (Wildman–Crippen LogP) is 3.52. The lowest BCUT2D eigenvalue weighted by Gasteiger charge is -2.10. The number of carbonyl (C=O) groups excluding carboxylic acids is 1. The third kappa shape index (κ3) is 4.76. The van der Waals surface area contributed by atoms with Gasteiger partial charge in [-0.1, -0.05) is 29.8 Å². The van der Waals surface area contributed by atoms with Crippen LogP contribution in [-0.4, -0.2) is 12.5 Å². The van der Waals surface area contributed by atoms with E-state index >= 15 is 0 Å². The molecule has 0 saturated heterocycles. The third-order valence-corrected chi connectivity index (χ3v) is 3.28. The summed E-state index contributed by atoms with van der Waals surface area (Å²) in [6, 6.07) is 11.5. The Hall–Kier alpha value is -2.07. The smallest absolute Gasteiger partial charge is 0.239 e. The molecule has 2 rings (SSSR count). The highest BCUT2D eigenvalue weighted by Gasteiger charge is 2.04. The maximum absolute atomic E-state index is 12.8. The van der Waals surface area contributed by atoms with Crippen LogP contribution < -0.4 is 10.6 Å². The van der Waals surface area contributed by atoms with E-state index in [1.165, 1.54) is 12.1 Å². The van der Waals surface area contributed by atoms with Crippen molar-refractivity contribution in [3.63, 3.8) is 0 Å². The van der Waals surface area contributed by atoms with E-state index in [0.29, 0.717) is 11.6 Å². The molecule has 0 saturated carbocycles. The van der Waals surface area contributed by atoms with Gasteiger partial charge >= 0.3 is 0 Å². The van der Waals surface area contributed by atoms with Crippen LogP contribution in [0.25, 0.3) is 0 Å². The number of halogens is 2. The number of anilines is 1. The Balaban J connectivity index is 1.82. The number of hydrogen-bond donors (Lipinski definition) is 2. The molecule has 0 unspecified atom stereocenters. The second-order valence-corrected chi connectivity index (χ2v) is 5.15. The first-order valence-corrected chi connectivity index (χ1v) is 6.93. The number of amides is 1. The van der Waals surface area contributed by atoms with Gasteiger partial charge in [-0.05, 0) is 42.3 Å². The molecule has 0 aliphatic carbocycles. The highest BCUT2D eigenvalue weighted by molar-refractivity contribution is 6.30. The molecule has 0 heterocycles. The monoisotopic (exact) mass is 306 g/mol. The molecule has 2 aromatic carbocycles. The Kier molecular flexibility index (Phi) is 5.17. The van der Waals surface area contributed by atoms with Crippen LogP contribution in [0, 0.1) is 12.7 Å². The first-order valence-electron chi connectivity index (χ1n) is 6.56. The molecule has 21 heavy (non-hydrogen) atoms. The molecule has 3 nitrogen and oxygen atoms in total. The minimum Gasteiger partial charge on any atom is -0.376 e. The molecule has 0 bridgehead atoms. The Morgan fingerprint density at radius 3 is 2.62 bits per heavy atom. The van der Waals surface area contributed by atoms with Crippen LogP contribution in [0.15, 0.2) is 42.5 Å². The van der Waals surface area contributed by atoms with E-state index in [4.69, 9.17) is 11.6 Å². The summed E-state index contributed by atoms with van der Waals surface area (Å²) in [7, 11) is 0. The van der Waals surface area contributed by atoms with E-state index < -0.39 is 0 Å². The molecule has 0 spiro atoms. The first-order chi connectivity index (χ1) is 10.0. The van der Waals surface area contributed by atoms with E-state index in [0.717, 1.165) is 16.8 Å². The average Bonchev–Trinajstić information content (AvgIpc) is 2.47. The van der Waals surface area contributed by atoms with Crippen molar-refractivity contribution in [2.24, 2.45) is 0 Å². The zero-order valence-electron chi connectivity index (χ0n) is 11.6. The summed E-state index contributed by atoms with van der Waals surface area (Å²) >= 11 is 5.91. The average molecular weight is 307 g/mol. The Morgan fingerprint density at radius 1 is 1.19 bits per heavy atom. The Morgan fingerprint density at radius 2 is 1.90 bits per heavy atom. The molecule has 1 amide bonds. The molecule has 0 aliphatic heterocycles. The van der Waals surface area contributed by atoms with Gasteiger partial charge < -0.3 is 10.6 Å². The lowest BCUT2D eigenvalue weighted by molar-refractivity contribution is -0.119. The zero-order chi connectivity index (χ0) is 15.2. The number of benzene rings is 2. The van der Waals surface area contributed by atoms with Crippen LogP contribution in [0.5, 0.6) is 0 Å². The topological polar surface area (TPSA) is 41.1 Å². The van der Waals surface area contributed by atoms with Crippen molar-refractivity contribution in [1.82, 2.24) is 5.32 Å². The van der Waals surface area contributed by atoms with Gasteiger partial charge in [0.2, 0.25) is 5.91 Å². The van der Waals surface area contributed by atoms with Gasteiger partial charge in [-0.3, -0.25) is 4.79 Å². The second kappa shape index (κ2) is 7.09. The van der Waals surface area contributed by atoms with Crippen molar-refractivity contribution < 1.29 is 9.18 Å². The van der Waals surface area contributed by atoms with Crippen molar-refractivity contribution in [2.45, 2.75) is 13.5 Å². The quantitative estimate of drug-likeness (QED) is 0.887. The van der Waals surface area contributed by atoms with Crippen LogP contribution in [0.4, 0.5) is 10.1 Å². The van der Waals surface area contributed by atoms with Crippen LogP contribution >= 0.6 is 11.6 Å². The van der Waals surface area contributed by atoms with Crippen molar-refractivity contribution in [3.05, 3.63) is 64.4 Å². The fourth-order valence-electron chi connectivity index (χ4n) is 1.83. The highest BCUT2D eigenvalue weighted by Crippen LogP contribution is 2.19. The van der Waals surface area contributed by atoms with E-state index in [1.54, 1.807) is 24.3 Å². The van der Waals surface area contributed by atoms with Crippen LogP contribution in [0.3, 0.4) is 0 Å². The summed E-state index contributed by atoms with van der Waals surface area (Å²) in [6.07, 6.45) is 0. The fraction of sp³-hybridized carbons (Fsp3) is 0.188. The van der Waals surface area contributed by atoms with E-state index in [2.05, 4.69) is 10.6 Å². The number of nitrogens with one attached hydrogen (secondary N) is 2. The van der Waals surface area contributed by atoms with E-state index in [-0.39, 0.29) is 18.3 Å². The second-order valence-electron chi connectivity index (χ2n) is 4.72. The van der Waals surface area contributed by atoms with Crippen molar-refractivity contribution >= 4 is 23.2 Å². The molecule has 0 atom stereocenters. The maximum atomic E-state index is 12.8. The number of carbonyl (C=O) groups is 1. The van der Waals surface area contributed by atoms with Crippen molar-refractivity contribution in [3.8, 4) is 0 Å². The molecule has 2 N–H and O–H groups in total. The lowest BCUT2D eigenvalue weighted by Crippen LogP contribution is -2.29. The first kappa shape index (κ1) is 15.3. The minimum absolute atomic E-state index is 0.140. The van der Waals surface area contributed by atoms with Gasteiger partial charge in [-0.15, -0.1) is 0 Å². The summed E-state index contributed by atoms with van der Waals surface area (Å²) in [4.78, 5) is 11.8. The van der Waals surface area contributed by atoms with Crippen LogP contribution in [-0.2, 0) is 11.3 Å². The SMILES string of the molecule is Cc1ccc(Cl)cc1NCC(=O)NCc1ccc(F)cc1. The molecule has 0 radical (unpaired) electrons. The highest BCUT2D eigenvalue weighted by atomic mass is 35.5. The number of aryl methyl sites for hydroxylation is 1. The number of hydrogen-bond acceptors (Lipinski definition) is 2. The summed E-state index contributed by atoms with van der Waals surface area (Å²) < 4.78 is 12.8. The minimum atomic E-state index is -0.289. The molecule has 0 aromatic heterocycles. The largest absolute Gasteiger partial charge is 0.376 e. The van der Waals surface area contributed by atoms with Gasteiger partial charge in [0.15, 0.2) is 0 Å². The zero-order valence-corrected chi connectivity index (χ0v) is 12.4. The van der Waals surface area contributed by atoms with Crippen LogP contribution in [0.1, 0.15) is 11.1 Å². The van der Waals surface area contributed by atoms with E-state index in [1.807, 2.05) is 13.0 Å². The number of rotatable bonds is 5.